The average molecular weight is 221 g/mol. The molecule has 4 heteroatoms. The molecule has 2 N–H and O–H groups in total. The smallest absolute Gasteiger partial charge is 0.159 e. The third-order valence-corrected chi connectivity index (χ3v) is 2.84. The van der Waals surface area contributed by atoms with Crippen molar-refractivity contribution >= 4 is 5.82 Å². The lowest BCUT2D eigenvalue weighted by atomic mass is 10.2. The number of rotatable bonds is 3. The maximum atomic E-state index is 5.79. The number of nitrogen functional groups attached to an aromatic ring is 1. The summed E-state index contributed by atoms with van der Waals surface area (Å²) in [5.74, 6) is 1.31. The van der Waals surface area contributed by atoms with Gasteiger partial charge in [-0.1, -0.05) is 13.3 Å². The van der Waals surface area contributed by atoms with Gasteiger partial charge in [-0.3, -0.25) is 0 Å². The van der Waals surface area contributed by atoms with Crippen molar-refractivity contribution in [1.82, 2.24) is 9.97 Å². The van der Waals surface area contributed by atoms with E-state index in [1.165, 1.54) is 0 Å². The molecule has 1 aromatic heterocycles. The third kappa shape index (κ3) is 2.50. The van der Waals surface area contributed by atoms with Crippen molar-refractivity contribution in [3.8, 4) is 0 Å². The zero-order chi connectivity index (χ0) is 11.5. The van der Waals surface area contributed by atoms with Gasteiger partial charge in [-0.25, -0.2) is 9.97 Å². The van der Waals surface area contributed by atoms with Crippen LogP contribution in [0.2, 0.25) is 0 Å². The van der Waals surface area contributed by atoms with Crippen LogP contribution in [0.15, 0.2) is 6.07 Å². The second-order valence-electron chi connectivity index (χ2n) is 4.41. The third-order valence-electron chi connectivity index (χ3n) is 2.84. The maximum absolute atomic E-state index is 5.79. The molecule has 0 bridgehead atoms. The Labute approximate surface area is 96.2 Å². The van der Waals surface area contributed by atoms with E-state index in [0.29, 0.717) is 11.9 Å². The van der Waals surface area contributed by atoms with Gasteiger partial charge in [-0.05, 0) is 26.2 Å². The first-order chi connectivity index (χ1) is 7.69. The fourth-order valence-electron chi connectivity index (χ4n) is 2.06. The number of aromatic nitrogens is 2. The lowest BCUT2D eigenvalue weighted by Crippen LogP contribution is -2.09. The lowest BCUT2D eigenvalue weighted by molar-refractivity contribution is 0.0502. The molecule has 2 unspecified atom stereocenters. The highest BCUT2D eigenvalue weighted by Gasteiger charge is 2.26. The molecule has 1 aliphatic heterocycles. The van der Waals surface area contributed by atoms with Gasteiger partial charge in [0.25, 0.3) is 0 Å². The number of anilines is 1. The van der Waals surface area contributed by atoms with E-state index < -0.39 is 0 Å². The van der Waals surface area contributed by atoms with E-state index in [1.54, 1.807) is 0 Å². The molecule has 1 aliphatic rings. The Hall–Kier alpha value is -1.16. The fourth-order valence-corrected chi connectivity index (χ4v) is 2.06. The molecule has 2 atom stereocenters. The first-order valence-corrected chi connectivity index (χ1v) is 5.98. The van der Waals surface area contributed by atoms with Crippen LogP contribution in [0.5, 0.6) is 0 Å². The molecule has 88 valence electrons. The quantitative estimate of drug-likeness (QED) is 0.850. The Morgan fingerprint density at radius 2 is 2.25 bits per heavy atom. The van der Waals surface area contributed by atoms with E-state index in [1.807, 2.05) is 6.07 Å². The molecule has 0 spiro atoms. The minimum atomic E-state index is 0.0362. The van der Waals surface area contributed by atoms with Gasteiger partial charge in [-0.2, -0.15) is 0 Å². The van der Waals surface area contributed by atoms with Gasteiger partial charge in [0.05, 0.1) is 6.10 Å². The Kier molecular flexibility index (Phi) is 3.39. The molecule has 0 aromatic carbocycles. The number of aryl methyl sites for hydroxylation is 1. The zero-order valence-corrected chi connectivity index (χ0v) is 9.94. The van der Waals surface area contributed by atoms with Crippen LogP contribution in [0, 0.1) is 0 Å². The highest BCUT2D eigenvalue weighted by atomic mass is 16.5. The van der Waals surface area contributed by atoms with E-state index >= 15 is 0 Å². The Morgan fingerprint density at radius 1 is 1.44 bits per heavy atom. The molecule has 0 aliphatic carbocycles. The summed E-state index contributed by atoms with van der Waals surface area (Å²) in [6.45, 7) is 4.21. The summed E-state index contributed by atoms with van der Waals surface area (Å²) in [6.07, 6.45) is 4.43. The van der Waals surface area contributed by atoms with Crippen molar-refractivity contribution < 1.29 is 4.74 Å². The SMILES string of the molecule is CCCc1cc(N)nc(C2CCC(C)O2)n1. The van der Waals surface area contributed by atoms with E-state index in [9.17, 15) is 0 Å². The predicted octanol–water partition coefficient (Wildman–Crippen LogP) is 2.25. The molecule has 0 amide bonds. The Bertz CT molecular complexity index is 367. The van der Waals surface area contributed by atoms with Crippen molar-refractivity contribution in [2.45, 2.75) is 51.7 Å². The molecule has 4 nitrogen and oxygen atoms in total. The summed E-state index contributed by atoms with van der Waals surface area (Å²) < 4.78 is 5.75. The van der Waals surface area contributed by atoms with Gasteiger partial charge < -0.3 is 10.5 Å². The van der Waals surface area contributed by atoms with Crippen LogP contribution in [0.1, 0.15) is 50.7 Å². The van der Waals surface area contributed by atoms with Gasteiger partial charge >= 0.3 is 0 Å². The molecule has 0 saturated carbocycles. The molecule has 1 aromatic rings. The van der Waals surface area contributed by atoms with Crippen LogP contribution in [0.25, 0.3) is 0 Å². The van der Waals surface area contributed by atoms with Crippen LogP contribution in [-0.4, -0.2) is 16.1 Å². The van der Waals surface area contributed by atoms with Gasteiger partial charge in [0.2, 0.25) is 0 Å². The van der Waals surface area contributed by atoms with Crippen LogP contribution >= 0.6 is 0 Å². The summed E-state index contributed by atoms with van der Waals surface area (Å²) in [5.41, 5.74) is 6.81. The highest BCUT2D eigenvalue weighted by molar-refractivity contribution is 5.30. The molecular weight excluding hydrogens is 202 g/mol. The molecular formula is C12H19N3O. The average Bonchev–Trinajstić information content (AvgIpc) is 2.64. The number of hydrogen-bond acceptors (Lipinski definition) is 4. The fraction of sp³-hybridized carbons (Fsp3) is 0.667. The van der Waals surface area contributed by atoms with Crippen molar-refractivity contribution in [3.05, 3.63) is 17.6 Å². The number of nitrogens with two attached hydrogens (primary N) is 1. The topological polar surface area (TPSA) is 61.0 Å². The molecule has 1 saturated heterocycles. The number of ether oxygens (including phenoxy) is 1. The van der Waals surface area contributed by atoms with E-state index in [4.69, 9.17) is 10.5 Å². The predicted molar refractivity (Wildman–Crippen MR) is 63.0 cm³/mol. The van der Waals surface area contributed by atoms with Crippen molar-refractivity contribution in [2.24, 2.45) is 0 Å². The van der Waals surface area contributed by atoms with Crippen LogP contribution in [0.3, 0.4) is 0 Å². The van der Waals surface area contributed by atoms with E-state index in [0.717, 1.165) is 37.2 Å². The molecule has 2 heterocycles. The van der Waals surface area contributed by atoms with E-state index in [-0.39, 0.29) is 6.10 Å². The summed E-state index contributed by atoms with van der Waals surface area (Å²) in [6, 6.07) is 1.85. The Balaban J connectivity index is 2.20. The largest absolute Gasteiger partial charge is 0.384 e. The first kappa shape index (κ1) is 11.3. The monoisotopic (exact) mass is 221 g/mol. The highest BCUT2D eigenvalue weighted by Crippen LogP contribution is 2.30. The van der Waals surface area contributed by atoms with E-state index in [2.05, 4.69) is 23.8 Å². The molecule has 0 radical (unpaired) electrons. The number of nitrogens with zero attached hydrogens (tertiary/aromatic N) is 2. The van der Waals surface area contributed by atoms with Crippen molar-refractivity contribution in [2.75, 3.05) is 5.73 Å². The zero-order valence-electron chi connectivity index (χ0n) is 9.94. The second-order valence-corrected chi connectivity index (χ2v) is 4.41. The first-order valence-electron chi connectivity index (χ1n) is 5.98. The summed E-state index contributed by atoms with van der Waals surface area (Å²) >= 11 is 0. The normalized spacial score (nSPS) is 24.9. The standard InChI is InChI=1S/C12H19N3O/c1-3-4-9-7-11(13)15-12(14-9)10-6-5-8(2)16-10/h7-8,10H,3-6H2,1-2H3,(H2,13,14,15). The molecule has 1 fully saturated rings. The van der Waals surface area contributed by atoms with Gasteiger partial charge in [0, 0.05) is 11.8 Å². The van der Waals surface area contributed by atoms with Crippen LogP contribution < -0.4 is 5.73 Å². The van der Waals surface area contributed by atoms with Crippen molar-refractivity contribution in [3.63, 3.8) is 0 Å². The van der Waals surface area contributed by atoms with Crippen LogP contribution in [-0.2, 0) is 11.2 Å². The summed E-state index contributed by atoms with van der Waals surface area (Å²) in [7, 11) is 0. The van der Waals surface area contributed by atoms with Crippen LogP contribution in [0.4, 0.5) is 5.82 Å². The molecule has 2 rings (SSSR count). The molecule has 16 heavy (non-hydrogen) atoms. The minimum absolute atomic E-state index is 0.0362. The van der Waals surface area contributed by atoms with Gasteiger partial charge in [0.1, 0.15) is 11.9 Å². The number of hydrogen-bond donors (Lipinski definition) is 1. The Morgan fingerprint density at radius 3 is 2.88 bits per heavy atom. The summed E-state index contributed by atoms with van der Waals surface area (Å²) in [5, 5.41) is 0. The minimum Gasteiger partial charge on any atom is -0.384 e. The lowest BCUT2D eigenvalue weighted by Gasteiger charge is -2.11. The maximum Gasteiger partial charge on any atom is 0.159 e. The second kappa shape index (κ2) is 4.78. The van der Waals surface area contributed by atoms with Gasteiger partial charge in [-0.15, -0.1) is 0 Å². The van der Waals surface area contributed by atoms with Gasteiger partial charge in [0.15, 0.2) is 5.82 Å². The summed E-state index contributed by atoms with van der Waals surface area (Å²) in [4.78, 5) is 8.80. The van der Waals surface area contributed by atoms with Crippen molar-refractivity contribution in [1.29, 1.82) is 0 Å².